The highest BCUT2D eigenvalue weighted by molar-refractivity contribution is 5.81. The van der Waals surface area contributed by atoms with E-state index in [9.17, 15) is 106 Å². The second-order valence-corrected chi connectivity index (χ2v) is 6.81. The molecule has 0 rings (SSSR count). The van der Waals surface area contributed by atoms with E-state index in [2.05, 4.69) is 11.3 Å². The van der Waals surface area contributed by atoms with Crippen LogP contribution in [0.15, 0.2) is 12.7 Å². The van der Waals surface area contributed by atoms with E-state index in [0.29, 0.717) is 0 Å². The lowest BCUT2D eigenvalue weighted by Crippen LogP contribution is -2.78. The smallest absolute Gasteiger partial charge is 0.411 e. The van der Waals surface area contributed by atoms with E-state index in [1.54, 1.807) is 0 Å². The van der Waals surface area contributed by atoms with Gasteiger partial charge in [-0.05, 0) is 0 Å². The van der Waals surface area contributed by atoms with Crippen molar-refractivity contribution < 1.29 is 111 Å². The second-order valence-electron chi connectivity index (χ2n) is 6.81. The van der Waals surface area contributed by atoms with Gasteiger partial charge in [0.25, 0.3) is 0 Å². The fraction of sp³-hybridized carbons (Fsp3) is 0.786. The molecule has 1 unspecified atom stereocenters. The third-order valence-electron chi connectivity index (χ3n) is 4.29. The van der Waals surface area contributed by atoms with E-state index in [1.165, 1.54) is 0 Å². The van der Waals surface area contributed by atoms with Gasteiger partial charge in [0.2, 0.25) is 0 Å². The molecule has 0 amide bonds. The highest BCUT2D eigenvalue weighted by atomic mass is 19.4. The van der Waals surface area contributed by atoms with Gasteiger partial charge in [0.1, 0.15) is 0 Å². The molecule has 1 atom stereocenters. The molecular weight excluding hydrogens is 637 g/mol. The van der Waals surface area contributed by atoms with E-state index >= 15 is 0 Å². The van der Waals surface area contributed by atoms with Crippen molar-refractivity contribution in [1.82, 2.24) is 0 Å². The molecule has 0 aromatic carbocycles. The van der Waals surface area contributed by atoms with E-state index in [1.807, 2.05) is 0 Å². The van der Waals surface area contributed by atoms with Gasteiger partial charge in [-0.2, -0.15) is 101 Å². The van der Waals surface area contributed by atoms with Gasteiger partial charge in [0, 0.05) is 6.08 Å². The number of esters is 1. The lowest BCUT2D eigenvalue weighted by Gasteiger charge is -2.45. The zero-order chi connectivity index (χ0) is 32.5. The molecular formula is C14H3F23O2. The molecule has 0 aromatic heterocycles. The number of halogens is 23. The number of carbonyl (C=O) groups is 1. The topological polar surface area (TPSA) is 26.3 Å². The van der Waals surface area contributed by atoms with Crippen molar-refractivity contribution in [2.24, 2.45) is 0 Å². The summed E-state index contributed by atoms with van der Waals surface area (Å²) in [7, 11) is 0. The third kappa shape index (κ3) is 4.49. The maximum Gasteiger partial charge on any atom is 0.467 e. The van der Waals surface area contributed by atoms with E-state index in [-0.39, 0.29) is 0 Å². The third-order valence-corrected chi connectivity index (χ3v) is 4.29. The molecule has 0 aliphatic carbocycles. The fourth-order valence-corrected chi connectivity index (χ4v) is 2.04. The summed E-state index contributed by atoms with van der Waals surface area (Å²) in [6.45, 7) is 2.07. The molecule has 0 aliphatic rings. The van der Waals surface area contributed by atoms with Crippen molar-refractivity contribution in [3.8, 4) is 0 Å². The standard InChI is InChI=1S/C14H3F23O2/c1-2-3(38)39-12(31,14(35,36)37)10(27,28)8(23,24)6(19,20)4(15,16)5(17,18)7(21,22)9(25,26)11(29,30)13(32,33)34/h2H,1H2. The molecule has 0 radical (unpaired) electrons. The Hall–Kier alpha value is -2.40. The molecule has 39 heavy (non-hydrogen) atoms. The molecule has 0 N–H and O–H groups in total. The van der Waals surface area contributed by atoms with Crippen LogP contribution in [0, 0.1) is 0 Å². The van der Waals surface area contributed by atoms with Crippen LogP contribution < -0.4 is 0 Å². The van der Waals surface area contributed by atoms with Gasteiger partial charge in [-0.15, -0.1) is 0 Å². The molecule has 0 spiro atoms. The predicted molar refractivity (Wildman–Crippen MR) is 71.8 cm³/mol. The number of rotatable bonds is 10. The molecule has 2 nitrogen and oxygen atoms in total. The average Bonchev–Trinajstić information content (AvgIpc) is 2.70. The van der Waals surface area contributed by atoms with E-state index in [4.69, 9.17) is 0 Å². The van der Waals surface area contributed by atoms with Crippen LogP contribution in [-0.2, 0) is 9.53 Å². The minimum absolute atomic E-state index is 0.821. The minimum atomic E-state index is -9.48. The molecule has 0 fully saturated rings. The van der Waals surface area contributed by atoms with Gasteiger partial charge in [-0.3, -0.25) is 0 Å². The molecule has 0 aliphatic heterocycles. The summed E-state index contributed by atoms with van der Waals surface area (Å²) in [4.78, 5) is 10.6. The van der Waals surface area contributed by atoms with Crippen LogP contribution in [-0.4, -0.2) is 71.6 Å². The van der Waals surface area contributed by atoms with Gasteiger partial charge in [0.15, 0.2) is 0 Å². The van der Waals surface area contributed by atoms with Crippen LogP contribution in [0.1, 0.15) is 0 Å². The Labute approximate surface area is 196 Å². The van der Waals surface area contributed by atoms with E-state index < -0.39 is 77.6 Å². The monoisotopic (exact) mass is 640 g/mol. The predicted octanol–water partition coefficient (Wildman–Crippen LogP) is 7.59. The first-order valence-electron chi connectivity index (χ1n) is 8.16. The van der Waals surface area contributed by atoms with E-state index in [0.717, 1.165) is 0 Å². The van der Waals surface area contributed by atoms with Crippen molar-refractivity contribution in [1.29, 1.82) is 0 Å². The first kappa shape index (κ1) is 36.6. The first-order valence-corrected chi connectivity index (χ1v) is 8.16. The number of carbonyl (C=O) groups excluding carboxylic acids is 1. The largest absolute Gasteiger partial charge is 0.467 e. The van der Waals surface area contributed by atoms with Gasteiger partial charge in [-0.1, -0.05) is 6.58 Å². The van der Waals surface area contributed by atoms with Gasteiger partial charge in [-0.25, -0.2) is 4.79 Å². The quantitative estimate of drug-likeness (QED) is 0.140. The fourth-order valence-electron chi connectivity index (χ4n) is 2.04. The van der Waals surface area contributed by atoms with Crippen LogP contribution >= 0.6 is 0 Å². The maximum atomic E-state index is 13.8. The normalized spacial score (nSPS) is 17.5. The SMILES string of the molecule is C=CC(=O)OC(F)(C(F)(F)F)C(F)(F)C(F)(F)C(F)(F)C(F)(F)C(F)(F)C(F)(F)C(F)(F)C(F)(F)C(F)(F)F. The van der Waals surface area contributed by atoms with Gasteiger partial charge in [0.05, 0.1) is 0 Å². The van der Waals surface area contributed by atoms with Crippen molar-refractivity contribution in [3.05, 3.63) is 12.7 Å². The molecule has 0 heterocycles. The van der Waals surface area contributed by atoms with Crippen molar-refractivity contribution >= 4 is 5.97 Å². The Morgan fingerprint density at radius 3 is 0.846 bits per heavy atom. The molecule has 25 heteroatoms. The van der Waals surface area contributed by atoms with Gasteiger partial charge < -0.3 is 4.74 Å². The summed E-state index contributed by atoms with van der Waals surface area (Å²) >= 11 is 0. The summed E-state index contributed by atoms with van der Waals surface area (Å²) in [6, 6.07) is 0. The molecule has 0 saturated heterocycles. The Balaban J connectivity index is 7.38. The first-order chi connectivity index (χ1) is 16.5. The van der Waals surface area contributed by atoms with Crippen LogP contribution in [0.2, 0.25) is 0 Å². The second kappa shape index (κ2) is 9.06. The molecule has 0 bridgehead atoms. The molecule has 232 valence electrons. The lowest BCUT2D eigenvalue weighted by molar-refractivity contribution is -0.487. The van der Waals surface area contributed by atoms with Crippen molar-refractivity contribution in [2.45, 2.75) is 65.6 Å². The zero-order valence-electron chi connectivity index (χ0n) is 16.8. The highest BCUT2D eigenvalue weighted by Gasteiger charge is 2.99. The summed E-state index contributed by atoms with van der Waals surface area (Å²) in [5, 5.41) is 0. The van der Waals surface area contributed by atoms with Crippen LogP contribution in [0.25, 0.3) is 0 Å². The number of ether oxygens (including phenoxy) is 1. The summed E-state index contributed by atoms with van der Waals surface area (Å²) in [6.07, 6.45) is -16.9. The Morgan fingerprint density at radius 2 is 0.641 bits per heavy atom. The van der Waals surface area contributed by atoms with Crippen LogP contribution in [0.5, 0.6) is 0 Å². The molecule has 0 saturated carbocycles. The van der Waals surface area contributed by atoms with Crippen LogP contribution in [0.3, 0.4) is 0 Å². The minimum Gasteiger partial charge on any atom is -0.411 e. The molecule has 0 aromatic rings. The average molecular weight is 640 g/mol. The number of hydrogen-bond donors (Lipinski definition) is 0. The van der Waals surface area contributed by atoms with Crippen molar-refractivity contribution in [2.75, 3.05) is 0 Å². The summed E-state index contributed by atoms with van der Waals surface area (Å²) in [5.74, 6) is -84.5. The summed E-state index contributed by atoms with van der Waals surface area (Å²) < 4.78 is 304. The Bertz CT molecular complexity index is 939. The lowest BCUT2D eigenvalue weighted by atomic mass is 9.86. The highest BCUT2D eigenvalue weighted by Crippen LogP contribution is 2.67. The van der Waals surface area contributed by atoms with Crippen molar-refractivity contribution in [3.63, 3.8) is 0 Å². The number of alkyl halides is 23. The maximum absolute atomic E-state index is 13.8. The Morgan fingerprint density at radius 1 is 0.410 bits per heavy atom. The van der Waals surface area contributed by atoms with Gasteiger partial charge >= 0.3 is 71.6 Å². The zero-order valence-corrected chi connectivity index (χ0v) is 16.8. The number of hydrogen-bond acceptors (Lipinski definition) is 2. The van der Waals surface area contributed by atoms with Crippen LogP contribution in [0.4, 0.5) is 101 Å². The summed E-state index contributed by atoms with van der Waals surface area (Å²) in [5.41, 5.74) is 0. The Kier molecular flexibility index (Phi) is 8.50.